The molecule has 0 saturated carbocycles. The SMILES string of the molecule is CNC(CCc1cc(Cl)ccc1F)COC. The van der Waals surface area contributed by atoms with Crippen LogP contribution >= 0.6 is 11.6 Å². The van der Waals surface area contributed by atoms with E-state index in [1.54, 1.807) is 19.2 Å². The molecule has 0 amide bonds. The summed E-state index contributed by atoms with van der Waals surface area (Å²) in [5.41, 5.74) is 0.656. The molecule has 0 aliphatic rings. The fourth-order valence-corrected chi connectivity index (χ4v) is 1.77. The molecule has 1 unspecified atom stereocenters. The largest absolute Gasteiger partial charge is 0.383 e. The quantitative estimate of drug-likeness (QED) is 0.832. The lowest BCUT2D eigenvalue weighted by molar-refractivity contribution is 0.166. The second-order valence-corrected chi connectivity index (χ2v) is 4.15. The number of hydrogen-bond acceptors (Lipinski definition) is 2. The summed E-state index contributed by atoms with van der Waals surface area (Å²) in [5, 5.41) is 3.70. The van der Waals surface area contributed by atoms with Crippen molar-refractivity contribution in [3.05, 3.63) is 34.6 Å². The summed E-state index contributed by atoms with van der Waals surface area (Å²) in [4.78, 5) is 0. The van der Waals surface area contributed by atoms with Crippen LogP contribution in [0.3, 0.4) is 0 Å². The molecule has 1 aromatic carbocycles. The van der Waals surface area contributed by atoms with Crippen molar-refractivity contribution in [3.8, 4) is 0 Å². The number of aryl methyl sites for hydroxylation is 1. The Bertz CT molecular complexity index is 333. The van der Waals surface area contributed by atoms with E-state index >= 15 is 0 Å². The summed E-state index contributed by atoms with van der Waals surface area (Å²) in [5.74, 6) is -0.198. The molecule has 0 radical (unpaired) electrons. The van der Waals surface area contributed by atoms with Gasteiger partial charge in [0.15, 0.2) is 0 Å². The van der Waals surface area contributed by atoms with Crippen molar-refractivity contribution < 1.29 is 9.13 Å². The molecule has 2 nitrogen and oxygen atoms in total. The van der Waals surface area contributed by atoms with Crippen molar-refractivity contribution >= 4 is 11.6 Å². The van der Waals surface area contributed by atoms with Gasteiger partial charge in [-0.1, -0.05) is 11.6 Å². The molecule has 0 aliphatic heterocycles. The third kappa shape index (κ3) is 4.08. The maximum atomic E-state index is 13.4. The fraction of sp³-hybridized carbons (Fsp3) is 0.500. The van der Waals surface area contributed by atoms with Gasteiger partial charge in [0.2, 0.25) is 0 Å². The van der Waals surface area contributed by atoms with Gasteiger partial charge in [0.1, 0.15) is 5.82 Å². The zero-order valence-electron chi connectivity index (χ0n) is 9.59. The van der Waals surface area contributed by atoms with E-state index in [0.29, 0.717) is 23.6 Å². The van der Waals surface area contributed by atoms with Gasteiger partial charge in [-0.3, -0.25) is 0 Å². The third-order valence-corrected chi connectivity index (χ3v) is 2.78. The molecule has 1 N–H and O–H groups in total. The predicted octanol–water partition coefficient (Wildman–Crippen LogP) is 2.65. The minimum absolute atomic E-state index is 0.198. The van der Waals surface area contributed by atoms with Crippen LogP contribution in [0.2, 0.25) is 5.02 Å². The van der Waals surface area contributed by atoms with E-state index in [2.05, 4.69) is 5.32 Å². The van der Waals surface area contributed by atoms with E-state index in [1.807, 2.05) is 7.05 Å². The first-order chi connectivity index (χ1) is 7.67. The van der Waals surface area contributed by atoms with Gasteiger partial charge < -0.3 is 10.1 Å². The van der Waals surface area contributed by atoms with Gasteiger partial charge in [-0.15, -0.1) is 0 Å². The molecular weight excluding hydrogens is 229 g/mol. The second kappa shape index (κ2) is 6.84. The van der Waals surface area contributed by atoms with Gasteiger partial charge in [-0.2, -0.15) is 0 Å². The Morgan fingerprint density at radius 3 is 2.88 bits per heavy atom. The van der Waals surface area contributed by atoms with Crippen LogP contribution in [0.5, 0.6) is 0 Å². The van der Waals surface area contributed by atoms with Crippen LogP contribution in [0.1, 0.15) is 12.0 Å². The van der Waals surface area contributed by atoms with Gasteiger partial charge in [0.05, 0.1) is 6.61 Å². The number of ether oxygens (including phenoxy) is 1. The van der Waals surface area contributed by atoms with Crippen LogP contribution in [0.25, 0.3) is 0 Å². The summed E-state index contributed by atoms with van der Waals surface area (Å²) in [6, 6.07) is 4.88. The summed E-state index contributed by atoms with van der Waals surface area (Å²) < 4.78 is 18.5. The Balaban J connectivity index is 2.55. The zero-order chi connectivity index (χ0) is 12.0. The first kappa shape index (κ1) is 13.4. The topological polar surface area (TPSA) is 21.3 Å². The van der Waals surface area contributed by atoms with E-state index < -0.39 is 0 Å². The Morgan fingerprint density at radius 1 is 1.50 bits per heavy atom. The molecule has 0 bridgehead atoms. The molecular formula is C12H17ClFNO. The van der Waals surface area contributed by atoms with Crippen LogP contribution in [-0.4, -0.2) is 26.8 Å². The summed E-state index contributed by atoms with van der Waals surface area (Å²) >= 11 is 5.82. The zero-order valence-corrected chi connectivity index (χ0v) is 10.4. The van der Waals surface area contributed by atoms with Crippen molar-refractivity contribution in [2.24, 2.45) is 0 Å². The van der Waals surface area contributed by atoms with Crippen LogP contribution in [-0.2, 0) is 11.2 Å². The fourth-order valence-electron chi connectivity index (χ4n) is 1.58. The Labute approximate surface area is 101 Å². The van der Waals surface area contributed by atoms with Crippen LogP contribution < -0.4 is 5.32 Å². The number of hydrogen-bond donors (Lipinski definition) is 1. The lowest BCUT2D eigenvalue weighted by Gasteiger charge is -2.15. The molecule has 16 heavy (non-hydrogen) atoms. The molecule has 0 fully saturated rings. The number of likely N-dealkylation sites (N-methyl/N-ethyl adjacent to an activating group) is 1. The molecule has 1 aromatic rings. The van der Waals surface area contributed by atoms with Crippen molar-refractivity contribution in [1.82, 2.24) is 5.32 Å². The second-order valence-electron chi connectivity index (χ2n) is 3.72. The number of methoxy groups -OCH3 is 1. The summed E-state index contributed by atoms with van der Waals surface area (Å²) in [7, 11) is 3.53. The van der Waals surface area contributed by atoms with Crippen LogP contribution in [0.4, 0.5) is 4.39 Å². The van der Waals surface area contributed by atoms with Crippen LogP contribution in [0, 0.1) is 5.82 Å². The van der Waals surface area contributed by atoms with Gasteiger partial charge >= 0.3 is 0 Å². The van der Waals surface area contributed by atoms with Gasteiger partial charge in [0.25, 0.3) is 0 Å². The smallest absolute Gasteiger partial charge is 0.126 e. The third-order valence-electron chi connectivity index (χ3n) is 2.55. The average molecular weight is 246 g/mol. The van der Waals surface area contributed by atoms with E-state index in [-0.39, 0.29) is 11.9 Å². The Hall–Kier alpha value is -0.640. The monoisotopic (exact) mass is 245 g/mol. The minimum atomic E-state index is -0.198. The highest BCUT2D eigenvalue weighted by Crippen LogP contribution is 2.16. The molecule has 1 atom stereocenters. The highest BCUT2D eigenvalue weighted by Gasteiger charge is 2.08. The van der Waals surface area contributed by atoms with E-state index in [9.17, 15) is 4.39 Å². The first-order valence-electron chi connectivity index (χ1n) is 5.27. The molecule has 4 heteroatoms. The maximum Gasteiger partial charge on any atom is 0.126 e. The predicted molar refractivity (Wildman–Crippen MR) is 64.5 cm³/mol. The number of halogens is 2. The number of benzene rings is 1. The molecule has 0 aliphatic carbocycles. The average Bonchev–Trinajstić information content (AvgIpc) is 2.28. The summed E-state index contributed by atoms with van der Waals surface area (Å²) in [6.07, 6.45) is 1.48. The molecule has 0 aromatic heterocycles. The molecule has 0 saturated heterocycles. The lowest BCUT2D eigenvalue weighted by Crippen LogP contribution is -2.30. The van der Waals surface area contributed by atoms with Gasteiger partial charge in [0, 0.05) is 18.2 Å². The van der Waals surface area contributed by atoms with Crippen molar-refractivity contribution in [2.45, 2.75) is 18.9 Å². The van der Waals surface area contributed by atoms with Crippen molar-refractivity contribution in [3.63, 3.8) is 0 Å². The maximum absolute atomic E-state index is 13.4. The first-order valence-corrected chi connectivity index (χ1v) is 5.65. The number of rotatable bonds is 6. The normalized spacial score (nSPS) is 12.8. The van der Waals surface area contributed by atoms with Crippen molar-refractivity contribution in [2.75, 3.05) is 20.8 Å². The van der Waals surface area contributed by atoms with Gasteiger partial charge in [-0.25, -0.2) is 4.39 Å². The molecule has 1 rings (SSSR count). The highest BCUT2D eigenvalue weighted by atomic mass is 35.5. The molecule has 0 spiro atoms. The van der Waals surface area contributed by atoms with Crippen LogP contribution in [0.15, 0.2) is 18.2 Å². The highest BCUT2D eigenvalue weighted by molar-refractivity contribution is 6.30. The standard InChI is InChI=1S/C12H17ClFNO/c1-15-11(8-16-2)5-3-9-7-10(13)4-6-12(9)14/h4,6-7,11,15H,3,5,8H2,1-2H3. The van der Waals surface area contributed by atoms with E-state index in [1.165, 1.54) is 6.07 Å². The van der Waals surface area contributed by atoms with E-state index in [4.69, 9.17) is 16.3 Å². The Morgan fingerprint density at radius 2 is 2.25 bits per heavy atom. The van der Waals surface area contributed by atoms with E-state index in [0.717, 1.165) is 6.42 Å². The van der Waals surface area contributed by atoms with Crippen molar-refractivity contribution in [1.29, 1.82) is 0 Å². The Kier molecular flexibility index (Phi) is 5.74. The molecule has 0 heterocycles. The number of nitrogens with one attached hydrogen (secondary N) is 1. The lowest BCUT2D eigenvalue weighted by atomic mass is 10.1. The minimum Gasteiger partial charge on any atom is -0.383 e. The summed E-state index contributed by atoms with van der Waals surface area (Å²) in [6.45, 7) is 0.624. The van der Waals surface area contributed by atoms with Gasteiger partial charge in [-0.05, 0) is 43.7 Å². The molecule has 90 valence electrons.